The zero-order valence-corrected chi connectivity index (χ0v) is 13.4. The molecule has 0 saturated heterocycles. The van der Waals surface area contributed by atoms with Crippen molar-refractivity contribution in [1.82, 2.24) is 10.3 Å². The molecule has 2 aromatic rings. The minimum atomic E-state index is -0.153. The standard InChI is InChI=1S/C17H21FN2S/c1-3-4-15-16(10-19-13-6-7-13)21-17(20-15)12-5-8-14(18)11(2)9-12/h5,8-9,13,19H,3-4,6-7,10H2,1-2H3. The summed E-state index contributed by atoms with van der Waals surface area (Å²) in [5, 5.41) is 4.58. The third-order valence-electron chi connectivity index (χ3n) is 3.80. The van der Waals surface area contributed by atoms with Crippen molar-refractivity contribution in [3.05, 3.63) is 40.2 Å². The largest absolute Gasteiger partial charge is 0.309 e. The third kappa shape index (κ3) is 3.50. The molecule has 0 atom stereocenters. The Morgan fingerprint density at radius 3 is 2.86 bits per heavy atom. The summed E-state index contributed by atoms with van der Waals surface area (Å²) in [5.74, 6) is -0.153. The quantitative estimate of drug-likeness (QED) is 0.852. The van der Waals surface area contributed by atoms with Gasteiger partial charge in [0.25, 0.3) is 0 Å². The summed E-state index contributed by atoms with van der Waals surface area (Å²) in [6.07, 6.45) is 4.71. The van der Waals surface area contributed by atoms with Gasteiger partial charge in [0.05, 0.1) is 5.69 Å². The first-order chi connectivity index (χ1) is 10.2. The van der Waals surface area contributed by atoms with Gasteiger partial charge < -0.3 is 5.32 Å². The maximum atomic E-state index is 13.4. The molecule has 4 heteroatoms. The molecule has 0 amide bonds. The Balaban J connectivity index is 1.86. The van der Waals surface area contributed by atoms with Crippen molar-refractivity contribution in [2.45, 2.75) is 52.1 Å². The van der Waals surface area contributed by atoms with Crippen molar-refractivity contribution in [3.63, 3.8) is 0 Å². The lowest BCUT2D eigenvalue weighted by molar-refractivity contribution is 0.619. The molecule has 1 aromatic heterocycles. The van der Waals surface area contributed by atoms with Crippen LogP contribution in [0.5, 0.6) is 0 Å². The minimum Gasteiger partial charge on any atom is -0.309 e. The first-order valence-electron chi connectivity index (χ1n) is 7.66. The van der Waals surface area contributed by atoms with Gasteiger partial charge in [-0.3, -0.25) is 0 Å². The highest BCUT2D eigenvalue weighted by Gasteiger charge is 2.21. The van der Waals surface area contributed by atoms with Crippen LogP contribution in [0.3, 0.4) is 0 Å². The summed E-state index contributed by atoms with van der Waals surface area (Å²) in [6, 6.07) is 5.96. The third-order valence-corrected chi connectivity index (χ3v) is 4.95. The normalized spacial score (nSPS) is 14.6. The average Bonchev–Trinajstić information content (AvgIpc) is 3.21. The molecule has 1 saturated carbocycles. The molecule has 2 nitrogen and oxygen atoms in total. The SMILES string of the molecule is CCCc1nc(-c2ccc(F)c(C)c2)sc1CNC1CC1. The molecule has 0 unspecified atom stereocenters. The molecule has 1 aliphatic rings. The van der Waals surface area contributed by atoms with E-state index in [4.69, 9.17) is 4.98 Å². The minimum absolute atomic E-state index is 0.153. The fourth-order valence-corrected chi connectivity index (χ4v) is 3.43. The van der Waals surface area contributed by atoms with Crippen molar-refractivity contribution >= 4 is 11.3 Å². The number of thiazole rings is 1. The van der Waals surface area contributed by atoms with Crippen molar-refractivity contribution in [2.24, 2.45) is 0 Å². The van der Waals surface area contributed by atoms with Crippen molar-refractivity contribution < 1.29 is 4.39 Å². The molecule has 3 rings (SSSR count). The van der Waals surface area contributed by atoms with Crippen LogP contribution in [-0.4, -0.2) is 11.0 Å². The van der Waals surface area contributed by atoms with Gasteiger partial charge in [-0.25, -0.2) is 9.37 Å². The number of benzene rings is 1. The molecule has 0 bridgehead atoms. The molecule has 21 heavy (non-hydrogen) atoms. The Labute approximate surface area is 129 Å². The second kappa shape index (κ2) is 6.24. The Bertz CT molecular complexity index is 632. The summed E-state index contributed by atoms with van der Waals surface area (Å²) >= 11 is 1.74. The zero-order chi connectivity index (χ0) is 14.8. The van der Waals surface area contributed by atoms with Crippen LogP contribution in [0, 0.1) is 12.7 Å². The van der Waals surface area contributed by atoms with Crippen molar-refractivity contribution in [1.29, 1.82) is 0 Å². The highest BCUT2D eigenvalue weighted by Crippen LogP contribution is 2.30. The Hall–Kier alpha value is -1.26. The van der Waals surface area contributed by atoms with E-state index in [2.05, 4.69) is 12.2 Å². The number of aromatic nitrogens is 1. The number of rotatable bonds is 6. The summed E-state index contributed by atoms with van der Waals surface area (Å²) < 4.78 is 13.4. The number of nitrogens with one attached hydrogen (secondary N) is 1. The molecular formula is C17H21FN2S. The summed E-state index contributed by atoms with van der Waals surface area (Å²) in [5.41, 5.74) is 2.90. The van der Waals surface area contributed by atoms with Crippen LogP contribution in [0.15, 0.2) is 18.2 Å². The van der Waals surface area contributed by atoms with E-state index in [1.807, 2.05) is 12.1 Å². The van der Waals surface area contributed by atoms with Crippen LogP contribution >= 0.6 is 11.3 Å². The zero-order valence-electron chi connectivity index (χ0n) is 12.6. The maximum Gasteiger partial charge on any atom is 0.126 e. The predicted octanol–water partition coefficient (Wildman–Crippen LogP) is 4.46. The lowest BCUT2D eigenvalue weighted by atomic mass is 10.1. The Kier molecular flexibility index (Phi) is 4.36. The smallest absolute Gasteiger partial charge is 0.126 e. The van der Waals surface area contributed by atoms with E-state index in [0.717, 1.165) is 30.0 Å². The van der Waals surface area contributed by atoms with Crippen LogP contribution in [0.2, 0.25) is 0 Å². The first kappa shape index (κ1) is 14.7. The van der Waals surface area contributed by atoms with E-state index in [1.165, 1.54) is 29.5 Å². The van der Waals surface area contributed by atoms with E-state index in [9.17, 15) is 4.39 Å². The van der Waals surface area contributed by atoms with Gasteiger partial charge >= 0.3 is 0 Å². The van der Waals surface area contributed by atoms with Gasteiger partial charge in [-0.1, -0.05) is 13.3 Å². The molecular weight excluding hydrogens is 283 g/mol. The van der Waals surface area contributed by atoms with Gasteiger partial charge in [0.2, 0.25) is 0 Å². The number of hydrogen-bond donors (Lipinski definition) is 1. The summed E-state index contributed by atoms with van der Waals surface area (Å²) in [7, 11) is 0. The molecule has 1 fully saturated rings. The molecule has 1 N–H and O–H groups in total. The summed E-state index contributed by atoms with van der Waals surface area (Å²) in [6.45, 7) is 4.89. The topological polar surface area (TPSA) is 24.9 Å². The second-order valence-electron chi connectivity index (χ2n) is 5.76. The highest BCUT2D eigenvalue weighted by molar-refractivity contribution is 7.15. The molecule has 0 spiro atoms. The lowest BCUT2D eigenvalue weighted by Gasteiger charge is -2.01. The van der Waals surface area contributed by atoms with Crippen LogP contribution in [0.4, 0.5) is 4.39 Å². The van der Waals surface area contributed by atoms with Crippen LogP contribution < -0.4 is 5.32 Å². The first-order valence-corrected chi connectivity index (χ1v) is 8.47. The molecule has 0 aliphatic heterocycles. The van der Waals surface area contributed by atoms with Gasteiger partial charge in [-0.2, -0.15) is 0 Å². The molecule has 1 aliphatic carbocycles. The number of nitrogens with zero attached hydrogens (tertiary/aromatic N) is 1. The van der Waals surface area contributed by atoms with Gasteiger partial charge in [-0.05, 0) is 49.9 Å². The average molecular weight is 304 g/mol. The van der Waals surface area contributed by atoms with Gasteiger partial charge in [-0.15, -0.1) is 11.3 Å². The predicted molar refractivity (Wildman–Crippen MR) is 86.1 cm³/mol. The molecule has 112 valence electrons. The van der Waals surface area contributed by atoms with E-state index in [1.54, 1.807) is 18.3 Å². The molecule has 0 radical (unpaired) electrons. The number of aryl methyl sites for hydroxylation is 2. The molecule has 1 aromatic carbocycles. The van der Waals surface area contributed by atoms with E-state index >= 15 is 0 Å². The Morgan fingerprint density at radius 1 is 1.38 bits per heavy atom. The van der Waals surface area contributed by atoms with Gasteiger partial charge in [0, 0.05) is 23.0 Å². The van der Waals surface area contributed by atoms with Crippen molar-refractivity contribution in [2.75, 3.05) is 0 Å². The monoisotopic (exact) mass is 304 g/mol. The van der Waals surface area contributed by atoms with E-state index < -0.39 is 0 Å². The second-order valence-corrected chi connectivity index (χ2v) is 6.84. The van der Waals surface area contributed by atoms with Gasteiger partial charge in [0.15, 0.2) is 0 Å². The fraction of sp³-hybridized carbons (Fsp3) is 0.471. The van der Waals surface area contributed by atoms with Crippen molar-refractivity contribution in [3.8, 4) is 10.6 Å². The molecule has 1 heterocycles. The van der Waals surface area contributed by atoms with Crippen LogP contribution in [-0.2, 0) is 13.0 Å². The number of halogens is 1. The van der Waals surface area contributed by atoms with E-state index in [-0.39, 0.29) is 5.82 Å². The Morgan fingerprint density at radius 2 is 2.19 bits per heavy atom. The van der Waals surface area contributed by atoms with Gasteiger partial charge in [0.1, 0.15) is 10.8 Å². The maximum absolute atomic E-state index is 13.4. The lowest BCUT2D eigenvalue weighted by Crippen LogP contribution is -2.15. The summed E-state index contributed by atoms with van der Waals surface area (Å²) in [4.78, 5) is 6.13. The van der Waals surface area contributed by atoms with Crippen LogP contribution in [0.25, 0.3) is 10.6 Å². The van der Waals surface area contributed by atoms with Crippen LogP contribution in [0.1, 0.15) is 42.3 Å². The fourth-order valence-electron chi connectivity index (χ4n) is 2.38. The number of hydrogen-bond acceptors (Lipinski definition) is 3. The highest BCUT2D eigenvalue weighted by atomic mass is 32.1. The van der Waals surface area contributed by atoms with E-state index in [0.29, 0.717) is 11.6 Å².